The molecule has 2 aliphatic heterocycles. The molecule has 0 spiro atoms. The highest BCUT2D eigenvalue weighted by Crippen LogP contribution is 2.35. The van der Waals surface area contributed by atoms with E-state index in [1.54, 1.807) is 31.2 Å². The van der Waals surface area contributed by atoms with Crippen LogP contribution >= 0.6 is 0 Å². The maximum absolute atomic E-state index is 14.4. The lowest BCUT2D eigenvalue weighted by Gasteiger charge is -2.32. The first-order valence-corrected chi connectivity index (χ1v) is 15.6. The van der Waals surface area contributed by atoms with Crippen LogP contribution in [0.2, 0.25) is 0 Å². The van der Waals surface area contributed by atoms with E-state index in [9.17, 15) is 31.9 Å². The van der Waals surface area contributed by atoms with Crippen LogP contribution in [0.1, 0.15) is 55.8 Å². The quantitative estimate of drug-likeness (QED) is 0.246. The Morgan fingerprint density at radius 1 is 0.957 bits per heavy atom. The van der Waals surface area contributed by atoms with Gasteiger partial charge in [0, 0.05) is 57.1 Å². The highest BCUT2D eigenvalue weighted by atomic mass is 19.4. The van der Waals surface area contributed by atoms with E-state index in [2.05, 4.69) is 22.2 Å². The van der Waals surface area contributed by atoms with Crippen molar-refractivity contribution in [1.82, 2.24) is 14.7 Å². The predicted molar refractivity (Wildman–Crippen MR) is 168 cm³/mol. The Bertz CT molecular complexity index is 1600. The van der Waals surface area contributed by atoms with Gasteiger partial charge in [0.2, 0.25) is 5.91 Å². The smallest absolute Gasteiger partial charge is 0.416 e. The van der Waals surface area contributed by atoms with Crippen molar-refractivity contribution in [2.24, 2.45) is 5.92 Å². The Hall–Kier alpha value is -4.29. The number of alkyl halides is 3. The molecule has 3 aromatic rings. The number of anilines is 1. The van der Waals surface area contributed by atoms with Crippen LogP contribution in [0.5, 0.6) is 0 Å². The van der Waals surface area contributed by atoms with Gasteiger partial charge in [0.1, 0.15) is 12.4 Å². The zero-order valence-electron chi connectivity index (χ0n) is 26.4. The monoisotopic (exact) mass is 654 g/mol. The lowest BCUT2D eigenvalue weighted by molar-refractivity contribution is -0.138. The summed E-state index contributed by atoms with van der Waals surface area (Å²) in [6.07, 6.45) is -3.88. The maximum atomic E-state index is 14.4. The molecule has 12 heteroatoms. The molecule has 8 nitrogen and oxygen atoms in total. The Morgan fingerprint density at radius 2 is 1.70 bits per heavy atom. The van der Waals surface area contributed by atoms with E-state index in [4.69, 9.17) is 4.74 Å². The van der Waals surface area contributed by atoms with Crippen LogP contribution in [0, 0.1) is 18.7 Å². The topological polar surface area (TPSA) is 82.2 Å². The molecule has 2 saturated heterocycles. The number of piperazine rings is 1. The largest absolute Gasteiger partial charge is 0.457 e. The van der Waals surface area contributed by atoms with Gasteiger partial charge in [0.05, 0.1) is 22.6 Å². The number of nitrogens with one attached hydrogen (secondary N) is 1. The summed E-state index contributed by atoms with van der Waals surface area (Å²) in [5.74, 6) is -3.16. The molecular weight excluding hydrogens is 616 g/mol. The number of piperidine rings is 1. The number of esters is 1. The Labute approximate surface area is 271 Å². The fourth-order valence-electron chi connectivity index (χ4n) is 6.01. The summed E-state index contributed by atoms with van der Waals surface area (Å²) in [5, 5.41) is 2.54. The number of ether oxygens (including phenoxy) is 1. The molecule has 0 unspecified atom stereocenters. The molecule has 0 bridgehead atoms. The molecule has 5 rings (SSSR count). The molecule has 2 amide bonds. The molecule has 0 aromatic heterocycles. The van der Waals surface area contributed by atoms with Crippen molar-refractivity contribution in [3.63, 3.8) is 0 Å². The summed E-state index contributed by atoms with van der Waals surface area (Å²) in [7, 11) is 2.06. The number of hydrogen-bond donors (Lipinski definition) is 1. The highest BCUT2D eigenvalue weighted by molar-refractivity contribution is 5.97. The summed E-state index contributed by atoms with van der Waals surface area (Å²) in [4.78, 5) is 44.9. The minimum Gasteiger partial charge on any atom is -0.457 e. The average molecular weight is 655 g/mol. The van der Waals surface area contributed by atoms with Crippen molar-refractivity contribution < 1.29 is 36.7 Å². The average Bonchev–Trinajstić information content (AvgIpc) is 3.04. The fourth-order valence-corrected chi connectivity index (χ4v) is 6.01. The summed E-state index contributed by atoms with van der Waals surface area (Å²) < 4.78 is 62.0. The molecule has 47 heavy (non-hydrogen) atoms. The number of rotatable bonds is 8. The Balaban J connectivity index is 1.22. The third-order valence-electron chi connectivity index (χ3n) is 8.72. The number of carbonyl (C=O) groups excluding carboxylic acids is 3. The molecule has 0 radical (unpaired) electrons. The Kier molecular flexibility index (Phi) is 10.6. The number of amides is 2. The normalized spacial score (nSPS) is 17.7. The van der Waals surface area contributed by atoms with Crippen molar-refractivity contribution >= 4 is 23.5 Å². The van der Waals surface area contributed by atoms with Gasteiger partial charge >= 0.3 is 12.1 Å². The molecule has 1 atom stereocenters. The van der Waals surface area contributed by atoms with Gasteiger partial charge < -0.3 is 19.9 Å². The van der Waals surface area contributed by atoms with E-state index in [1.807, 2.05) is 6.07 Å². The number of hydrogen-bond acceptors (Lipinski definition) is 6. The van der Waals surface area contributed by atoms with Crippen LogP contribution in [0.25, 0.3) is 0 Å². The van der Waals surface area contributed by atoms with Crippen LogP contribution in [-0.2, 0) is 28.9 Å². The van der Waals surface area contributed by atoms with Gasteiger partial charge in [-0.25, -0.2) is 9.18 Å². The van der Waals surface area contributed by atoms with Crippen LogP contribution in [0.4, 0.5) is 23.2 Å². The number of halogens is 4. The summed E-state index contributed by atoms with van der Waals surface area (Å²) in [6, 6.07) is 14.5. The second-order valence-corrected chi connectivity index (χ2v) is 12.2. The number of carbonyl (C=O) groups is 3. The van der Waals surface area contributed by atoms with E-state index in [0.29, 0.717) is 31.5 Å². The van der Waals surface area contributed by atoms with Crippen molar-refractivity contribution in [3.05, 3.63) is 99.9 Å². The van der Waals surface area contributed by atoms with Gasteiger partial charge in [0.15, 0.2) is 0 Å². The molecule has 0 saturated carbocycles. The first-order chi connectivity index (χ1) is 22.4. The lowest BCUT2D eigenvalue weighted by Crippen LogP contribution is -2.44. The number of benzene rings is 3. The SMILES string of the molecule is Cc1cccc(F)c1C(=O)N1CCC[C@H](C(=O)Nc2ccc(COC(=O)c3cccc(CN4CCN(C)CC4)c3)c(C(F)(F)F)c2)C1. The minimum atomic E-state index is -4.78. The number of nitrogens with zero attached hydrogens (tertiary/aromatic N) is 3. The zero-order valence-corrected chi connectivity index (χ0v) is 26.4. The van der Waals surface area contributed by atoms with E-state index < -0.39 is 47.9 Å². The van der Waals surface area contributed by atoms with Crippen molar-refractivity contribution in [2.45, 2.75) is 39.1 Å². The molecule has 250 valence electrons. The predicted octanol–water partition coefficient (Wildman–Crippen LogP) is 5.75. The molecule has 2 fully saturated rings. The molecule has 2 heterocycles. The summed E-state index contributed by atoms with van der Waals surface area (Å²) in [6.45, 7) is 5.70. The van der Waals surface area contributed by atoms with Crippen molar-refractivity contribution in [1.29, 1.82) is 0 Å². The maximum Gasteiger partial charge on any atom is 0.416 e. The summed E-state index contributed by atoms with van der Waals surface area (Å²) in [5.41, 5.74) is 0.198. The second-order valence-electron chi connectivity index (χ2n) is 12.2. The van der Waals surface area contributed by atoms with Crippen LogP contribution in [-0.4, -0.2) is 78.8 Å². The van der Waals surface area contributed by atoms with Gasteiger partial charge in [-0.2, -0.15) is 13.2 Å². The molecule has 2 aliphatic rings. The third-order valence-corrected chi connectivity index (χ3v) is 8.72. The van der Waals surface area contributed by atoms with Crippen LogP contribution in [0.15, 0.2) is 60.7 Å². The van der Waals surface area contributed by atoms with Gasteiger partial charge in [0.25, 0.3) is 5.91 Å². The standard InChI is InChI=1S/C35H38F4N4O4/c1-23-6-3-10-30(36)31(23)33(45)43-13-5-9-26(21-43)32(44)40-28-12-11-27(29(19-28)35(37,38)39)22-47-34(46)25-8-4-7-24(18-25)20-42-16-14-41(2)15-17-42/h3-4,6-8,10-12,18-19,26H,5,9,13-17,20-22H2,1-2H3,(H,40,44)/t26-/m0/s1. The number of likely N-dealkylation sites (N-methyl/N-ethyl adjacent to an activating group) is 1. The van der Waals surface area contributed by atoms with Gasteiger partial charge in [-0.1, -0.05) is 30.3 Å². The van der Waals surface area contributed by atoms with Crippen LogP contribution < -0.4 is 5.32 Å². The first-order valence-electron chi connectivity index (χ1n) is 15.6. The Morgan fingerprint density at radius 3 is 2.43 bits per heavy atom. The molecular formula is C35H38F4N4O4. The number of likely N-dealkylation sites (tertiary alicyclic amines) is 1. The lowest BCUT2D eigenvalue weighted by atomic mass is 9.95. The van der Waals surface area contributed by atoms with Crippen LogP contribution in [0.3, 0.4) is 0 Å². The van der Waals surface area contributed by atoms with E-state index in [-0.39, 0.29) is 28.9 Å². The van der Waals surface area contributed by atoms with Gasteiger partial charge in [-0.05, 0) is 68.3 Å². The van der Waals surface area contributed by atoms with Gasteiger partial charge in [-0.3, -0.25) is 14.5 Å². The summed E-state index contributed by atoms with van der Waals surface area (Å²) >= 11 is 0. The first kappa shape index (κ1) is 34.1. The third kappa shape index (κ3) is 8.55. The molecule has 3 aromatic carbocycles. The fraction of sp³-hybridized carbons (Fsp3) is 0.400. The number of aryl methyl sites for hydroxylation is 1. The second kappa shape index (κ2) is 14.6. The molecule has 0 aliphatic carbocycles. The minimum absolute atomic E-state index is 0.00911. The van der Waals surface area contributed by atoms with Crippen molar-refractivity contribution in [2.75, 3.05) is 51.6 Å². The van der Waals surface area contributed by atoms with E-state index >= 15 is 0 Å². The van der Waals surface area contributed by atoms with E-state index in [0.717, 1.165) is 37.8 Å². The molecule has 1 N–H and O–H groups in total. The van der Waals surface area contributed by atoms with Crippen molar-refractivity contribution in [3.8, 4) is 0 Å². The highest BCUT2D eigenvalue weighted by Gasteiger charge is 2.35. The van der Waals surface area contributed by atoms with E-state index in [1.165, 1.54) is 29.2 Å². The zero-order chi connectivity index (χ0) is 33.7. The van der Waals surface area contributed by atoms with Gasteiger partial charge in [-0.15, -0.1) is 0 Å².